The summed E-state index contributed by atoms with van der Waals surface area (Å²) in [6.45, 7) is 6.54. The lowest BCUT2D eigenvalue weighted by atomic mass is 9.82. The van der Waals surface area contributed by atoms with Gasteiger partial charge in [-0.25, -0.2) is 0 Å². The van der Waals surface area contributed by atoms with E-state index in [1.165, 1.54) is 5.56 Å². The van der Waals surface area contributed by atoms with E-state index in [1.54, 1.807) is 0 Å². The van der Waals surface area contributed by atoms with E-state index in [1.807, 2.05) is 24.3 Å². The zero-order valence-corrected chi connectivity index (χ0v) is 20.4. The van der Waals surface area contributed by atoms with Gasteiger partial charge in [0.1, 0.15) is 5.75 Å². The van der Waals surface area contributed by atoms with Crippen LogP contribution in [-0.4, -0.2) is 71.8 Å². The van der Waals surface area contributed by atoms with Gasteiger partial charge in [-0.15, -0.1) is 0 Å². The molecule has 184 valence electrons. The van der Waals surface area contributed by atoms with Gasteiger partial charge in [0.15, 0.2) is 0 Å². The molecule has 0 bridgehead atoms. The molecule has 6 nitrogen and oxygen atoms in total. The summed E-state index contributed by atoms with van der Waals surface area (Å²) in [6.07, 6.45) is 5.77. The highest BCUT2D eigenvalue weighted by molar-refractivity contribution is 5.92. The Kier molecular flexibility index (Phi) is 8.59. The molecule has 2 fully saturated rings. The maximum absolute atomic E-state index is 12.6. The summed E-state index contributed by atoms with van der Waals surface area (Å²) >= 11 is 0. The molecule has 0 unspecified atom stereocenters. The number of likely N-dealkylation sites (tertiary alicyclic amines) is 2. The second-order valence-corrected chi connectivity index (χ2v) is 9.71. The maximum atomic E-state index is 12.6. The third-order valence-corrected chi connectivity index (χ3v) is 7.36. The molecule has 0 aliphatic carbocycles. The number of carbonyl (C=O) groups excluding carboxylic acids is 1. The predicted octanol–water partition coefficient (Wildman–Crippen LogP) is 3.95. The number of anilines is 1. The first kappa shape index (κ1) is 24.7. The van der Waals surface area contributed by atoms with E-state index in [2.05, 4.69) is 52.4 Å². The number of aliphatic hydroxyl groups is 1. The summed E-state index contributed by atoms with van der Waals surface area (Å²) in [4.78, 5) is 17.2. The number of unbranched alkanes of at least 4 members (excludes halogenated alkanes) is 1. The molecule has 34 heavy (non-hydrogen) atoms. The van der Waals surface area contributed by atoms with Gasteiger partial charge in [0.2, 0.25) is 5.91 Å². The van der Waals surface area contributed by atoms with Gasteiger partial charge in [0.25, 0.3) is 0 Å². The van der Waals surface area contributed by atoms with Crippen molar-refractivity contribution in [3.8, 4) is 5.75 Å². The number of ether oxygens (including phenoxy) is 1. The fourth-order valence-electron chi connectivity index (χ4n) is 5.40. The van der Waals surface area contributed by atoms with Crippen LogP contribution in [0.4, 0.5) is 5.69 Å². The molecule has 1 spiro atoms. The summed E-state index contributed by atoms with van der Waals surface area (Å²) in [5.74, 6) is 0.777. The first-order chi connectivity index (χ1) is 16.6. The Morgan fingerprint density at radius 2 is 1.91 bits per heavy atom. The quantitative estimate of drug-likeness (QED) is 0.520. The molecule has 4 rings (SSSR count). The standard InChI is InChI=1S/C28H39N3O3/c1-2-3-20-34-25-12-10-24(11-13-25)29-27(33)22-30-19-16-28(26(32)21-30)15-7-17-31(28)18-14-23-8-5-4-6-9-23/h4-6,8-13,26,32H,2-3,7,14-22H2,1H3,(H,29,33)/t26-,28-/m0/s1. The first-order valence-corrected chi connectivity index (χ1v) is 12.8. The molecule has 6 heteroatoms. The van der Waals surface area contributed by atoms with Gasteiger partial charge in [-0.05, 0) is 68.5 Å². The van der Waals surface area contributed by atoms with Crippen molar-refractivity contribution in [2.24, 2.45) is 0 Å². The Morgan fingerprint density at radius 1 is 1.12 bits per heavy atom. The number of benzene rings is 2. The molecule has 2 heterocycles. The Hall–Kier alpha value is -2.41. The highest BCUT2D eigenvalue weighted by Gasteiger charge is 2.48. The van der Waals surface area contributed by atoms with Crippen molar-refractivity contribution in [3.05, 3.63) is 60.2 Å². The van der Waals surface area contributed by atoms with Crippen LogP contribution in [0, 0.1) is 0 Å². The average molecular weight is 466 g/mol. The van der Waals surface area contributed by atoms with E-state index in [4.69, 9.17) is 4.74 Å². The van der Waals surface area contributed by atoms with Crippen LogP contribution in [-0.2, 0) is 11.2 Å². The number of nitrogens with one attached hydrogen (secondary N) is 1. The summed E-state index contributed by atoms with van der Waals surface area (Å²) in [5, 5.41) is 14.2. The number of rotatable bonds is 10. The topological polar surface area (TPSA) is 65.0 Å². The van der Waals surface area contributed by atoms with Crippen LogP contribution in [0.2, 0.25) is 0 Å². The monoisotopic (exact) mass is 465 g/mol. The van der Waals surface area contributed by atoms with Crippen molar-refractivity contribution in [2.45, 2.75) is 57.1 Å². The van der Waals surface area contributed by atoms with Crippen molar-refractivity contribution < 1.29 is 14.6 Å². The van der Waals surface area contributed by atoms with Crippen molar-refractivity contribution >= 4 is 11.6 Å². The summed E-state index contributed by atoms with van der Waals surface area (Å²) in [6, 6.07) is 18.1. The van der Waals surface area contributed by atoms with Crippen LogP contribution >= 0.6 is 0 Å². The van der Waals surface area contributed by atoms with E-state index in [-0.39, 0.29) is 11.4 Å². The molecule has 2 N–H and O–H groups in total. The highest BCUT2D eigenvalue weighted by atomic mass is 16.5. The fraction of sp³-hybridized carbons (Fsp3) is 0.536. The third-order valence-electron chi connectivity index (χ3n) is 7.36. The first-order valence-electron chi connectivity index (χ1n) is 12.8. The Labute approximate surface area is 203 Å². The van der Waals surface area contributed by atoms with E-state index >= 15 is 0 Å². The predicted molar refractivity (Wildman–Crippen MR) is 136 cm³/mol. The third kappa shape index (κ3) is 6.17. The van der Waals surface area contributed by atoms with Crippen LogP contribution in [0.1, 0.15) is 44.6 Å². The molecule has 2 aliphatic heterocycles. The molecule has 2 aliphatic rings. The SMILES string of the molecule is CCCCOc1ccc(NC(=O)CN2CC[C@@]3(CCCN3CCc3ccccc3)[C@@H](O)C2)cc1. The smallest absolute Gasteiger partial charge is 0.238 e. The van der Waals surface area contributed by atoms with Gasteiger partial charge in [-0.1, -0.05) is 43.7 Å². The Bertz CT molecular complexity index is 905. The van der Waals surface area contributed by atoms with E-state index in [9.17, 15) is 9.90 Å². The minimum Gasteiger partial charge on any atom is -0.494 e. The van der Waals surface area contributed by atoms with Gasteiger partial charge in [-0.2, -0.15) is 0 Å². The van der Waals surface area contributed by atoms with E-state index < -0.39 is 6.10 Å². The second kappa shape index (κ2) is 11.8. The van der Waals surface area contributed by atoms with Gasteiger partial charge < -0.3 is 15.2 Å². The van der Waals surface area contributed by atoms with Gasteiger partial charge in [0, 0.05) is 30.9 Å². The van der Waals surface area contributed by atoms with Crippen LogP contribution in [0.15, 0.2) is 54.6 Å². The molecule has 0 saturated carbocycles. The zero-order chi connectivity index (χ0) is 23.8. The minimum atomic E-state index is -0.438. The maximum Gasteiger partial charge on any atom is 0.238 e. The molecular formula is C28H39N3O3. The number of amides is 1. The summed E-state index contributed by atoms with van der Waals surface area (Å²) in [5.41, 5.74) is 1.97. The van der Waals surface area contributed by atoms with Crippen molar-refractivity contribution in [1.29, 1.82) is 0 Å². The second-order valence-electron chi connectivity index (χ2n) is 9.71. The fourth-order valence-corrected chi connectivity index (χ4v) is 5.40. The molecule has 1 amide bonds. The number of carbonyl (C=O) groups is 1. The lowest BCUT2D eigenvalue weighted by Crippen LogP contribution is -2.62. The van der Waals surface area contributed by atoms with Gasteiger partial charge in [0.05, 0.1) is 19.3 Å². The van der Waals surface area contributed by atoms with Crippen molar-refractivity contribution in [1.82, 2.24) is 9.80 Å². The molecule has 2 aromatic rings. The number of nitrogens with zero attached hydrogens (tertiary/aromatic N) is 2. The molecule has 2 aromatic carbocycles. The van der Waals surface area contributed by atoms with Gasteiger partial charge >= 0.3 is 0 Å². The van der Waals surface area contributed by atoms with Crippen LogP contribution in [0.25, 0.3) is 0 Å². The molecule has 2 saturated heterocycles. The van der Waals surface area contributed by atoms with Crippen LogP contribution in [0.3, 0.4) is 0 Å². The largest absolute Gasteiger partial charge is 0.494 e. The molecule has 0 aromatic heterocycles. The molecule has 2 atom stereocenters. The average Bonchev–Trinajstić information content (AvgIpc) is 3.26. The molecular weight excluding hydrogens is 426 g/mol. The van der Waals surface area contributed by atoms with E-state index in [0.29, 0.717) is 19.7 Å². The summed E-state index contributed by atoms with van der Waals surface area (Å²) < 4.78 is 5.68. The number of hydrogen-bond acceptors (Lipinski definition) is 5. The lowest BCUT2D eigenvalue weighted by molar-refractivity contribution is -0.120. The molecule has 0 radical (unpaired) electrons. The Balaban J connectivity index is 1.25. The minimum absolute atomic E-state index is 0.0462. The van der Waals surface area contributed by atoms with Crippen molar-refractivity contribution in [2.75, 3.05) is 44.6 Å². The van der Waals surface area contributed by atoms with Crippen LogP contribution in [0.5, 0.6) is 5.75 Å². The number of β-amino-alcohol motifs (C(OH)–C–C–N with tert-alkyl or cyclic N) is 1. The highest BCUT2D eigenvalue weighted by Crippen LogP contribution is 2.38. The van der Waals surface area contributed by atoms with Crippen molar-refractivity contribution in [3.63, 3.8) is 0 Å². The lowest BCUT2D eigenvalue weighted by Gasteiger charge is -2.48. The Morgan fingerprint density at radius 3 is 2.65 bits per heavy atom. The van der Waals surface area contributed by atoms with Gasteiger partial charge in [-0.3, -0.25) is 14.6 Å². The summed E-state index contributed by atoms with van der Waals surface area (Å²) in [7, 11) is 0. The van der Waals surface area contributed by atoms with E-state index in [0.717, 1.165) is 69.6 Å². The number of piperidine rings is 1. The zero-order valence-electron chi connectivity index (χ0n) is 20.4. The number of hydrogen-bond donors (Lipinski definition) is 2. The number of aliphatic hydroxyl groups excluding tert-OH is 1. The normalized spacial score (nSPS) is 23.3. The van der Waals surface area contributed by atoms with Crippen LogP contribution < -0.4 is 10.1 Å².